The first kappa shape index (κ1) is 25.9. The van der Waals surface area contributed by atoms with E-state index in [1.807, 2.05) is 22.7 Å². The van der Waals surface area contributed by atoms with Crippen LogP contribution in [0.1, 0.15) is 0 Å². The first-order valence-corrected chi connectivity index (χ1v) is 17.6. The lowest BCUT2D eigenvalue weighted by molar-refractivity contribution is 1.66. The number of fused-ring (bicyclic) bond motifs is 10. The van der Waals surface area contributed by atoms with E-state index < -0.39 is 0 Å². The van der Waals surface area contributed by atoms with Crippen LogP contribution in [0, 0.1) is 0 Å². The molecular weight excluding hydrogens is 603 g/mol. The second-order valence-electron chi connectivity index (χ2n) is 12.6. The molecule has 8 aromatic carbocycles. The fourth-order valence-corrected chi connectivity index (χ4v) is 10.4. The summed E-state index contributed by atoms with van der Waals surface area (Å²) in [6, 6.07) is 51.7. The quantitative estimate of drug-likeness (QED) is 0.168. The standard InChI is InChI=1S/C44H23BS2/c45-35-19-18-32-42-30(35)12-7-13-31(42)43-40(24-16-20-38-33(22-24)26-8-3-5-14-36(26)46-38)28-10-1-2-11-29(28)41(44(32)43)25-17-21-39-34(23-25)27-9-4-6-15-37(27)47-39/h1-23H. The van der Waals surface area contributed by atoms with E-state index in [9.17, 15) is 0 Å². The molecule has 0 saturated carbocycles. The van der Waals surface area contributed by atoms with Gasteiger partial charge in [0.05, 0.1) is 0 Å². The van der Waals surface area contributed by atoms with Gasteiger partial charge in [-0.15, -0.1) is 22.7 Å². The third-order valence-electron chi connectivity index (χ3n) is 10.2. The molecule has 0 saturated heterocycles. The minimum absolute atomic E-state index is 0.823. The van der Waals surface area contributed by atoms with Crippen molar-refractivity contribution in [1.82, 2.24) is 0 Å². The highest BCUT2D eigenvalue weighted by atomic mass is 32.1. The summed E-state index contributed by atoms with van der Waals surface area (Å²) in [5.74, 6) is 0. The summed E-state index contributed by atoms with van der Waals surface area (Å²) in [6.45, 7) is 0. The van der Waals surface area contributed by atoms with Crippen LogP contribution >= 0.6 is 22.7 Å². The van der Waals surface area contributed by atoms with E-state index in [-0.39, 0.29) is 0 Å². The lowest BCUT2D eigenvalue weighted by Crippen LogP contribution is -2.02. The molecule has 0 fully saturated rings. The van der Waals surface area contributed by atoms with Crippen LogP contribution in [0.5, 0.6) is 0 Å². The van der Waals surface area contributed by atoms with Crippen LogP contribution in [-0.2, 0) is 0 Å². The van der Waals surface area contributed by atoms with Crippen molar-refractivity contribution in [2.45, 2.75) is 0 Å². The molecule has 2 heterocycles. The first-order valence-electron chi connectivity index (χ1n) is 16.0. The van der Waals surface area contributed by atoms with Gasteiger partial charge in [-0.25, -0.2) is 0 Å². The Balaban J connectivity index is 1.32. The molecule has 3 heteroatoms. The van der Waals surface area contributed by atoms with Crippen LogP contribution in [0.2, 0.25) is 0 Å². The molecule has 0 unspecified atom stereocenters. The zero-order valence-corrected chi connectivity index (χ0v) is 26.8. The van der Waals surface area contributed by atoms with Gasteiger partial charge in [-0.05, 0) is 102 Å². The van der Waals surface area contributed by atoms with Crippen molar-refractivity contribution < 1.29 is 0 Å². The van der Waals surface area contributed by atoms with E-state index in [0.717, 1.165) is 10.8 Å². The average Bonchev–Trinajstić information content (AvgIpc) is 3.78. The van der Waals surface area contributed by atoms with Crippen molar-refractivity contribution >= 4 is 97.9 Å². The number of benzene rings is 8. The van der Waals surface area contributed by atoms with Gasteiger partial charge in [0.2, 0.25) is 0 Å². The Hall–Kier alpha value is -5.22. The lowest BCUT2D eigenvalue weighted by Gasteiger charge is -2.20. The van der Waals surface area contributed by atoms with Crippen LogP contribution in [0.3, 0.4) is 0 Å². The van der Waals surface area contributed by atoms with E-state index in [1.54, 1.807) is 0 Å². The molecule has 0 amide bonds. The highest BCUT2D eigenvalue weighted by molar-refractivity contribution is 7.26. The normalized spacial score (nSPS) is 12.3. The smallest absolute Gasteiger partial charge is 0.114 e. The molecule has 214 valence electrons. The summed E-state index contributed by atoms with van der Waals surface area (Å²) in [5, 5.41) is 10.2. The van der Waals surface area contributed by atoms with Crippen molar-refractivity contribution in [3.8, 4) is 44.5 Å². The Labute approximate surface area is 280 Å². The number of hydrogen-bond donors (Lipinski definition) is 0. The minimum Gasteiger partial charge on any atom is -0.135 e. The van der Waals surface area contributed by atoms with Gasteiger partial charge in [0.25, 0.3) is 0 Å². The van der Waals surface area contributed by atoms with Crippen molar-refractivity contribution in [1.29, 1.82) is 0 Å². The molecule has 2 aromatic heterocycles. The summed E-state index contributed by atoms with van der Waals surface area (Å²) in [5.41, 5.74) is 11.0. The van der Waals surface area contributed by atoms with Crippen molar-refractivity contribution in [3.05, 3.63) is 140 Å². The van der Waals surface area contributed by atoms with Crippen LogP contribution < -0.4 is 5.46 Å². The van der Waals surface area contributed by atoms with Crippen molar-refractivity contribution in [3.63, 3.8) is 0 Å². The topological polar surface area (TPSA) is 0 Å². The predicted octanol–water partition coefficient (Wildman–Crippen LogP) is 12.5. The first-order chi connectivity index (χ1) is 23.2. The third kappa shape index (κ3) is 3.48. The molecule has 0 atom stereocenters. The molecule has 2 radical (unpaired) electrons. The molecule has 0 bridgehead atoms. The Kier molecular flexibility index (Phi) is 5.19. The maximum atomic E-state index is 6.66. The van der Waals surface area contributed by atoms with Gasteiger partial charge in [0, 0.05) is 40.3 Å². The summed E-state index contributed by atoms with van der Waals surface area (Å²) >= 11 is 3.74. The maximum Gasteiger partial charge on any atom is 0.114 e. The molecular formula is C44H23BS2. The Morgan fingerprint density at radius 2 is 0.809 bits per heavy atom. The summed E-state index contributed by atoms with van der Waals surface area (Å²) < 4.78 is 5.30. The molecule has 0 N–H and O–H groups in total. The Morgan fingerprint density at radius 3 is 1.38 bits per heavy atom. The summed E-state index contributed by atoms with van der Waals surface area (Å²) in [4.78, 5) is 0. The van der Waals surface area contributed by atoms with E-state index in [2.05, 4.69) is 140 Å². The Morgan fingerprint density at radius 1 is 0.340 bits per heavy atom. The van der Waals surface area contributed by atoms with Gasteiger partial charge >= 0.3 is 0 Å². The van der Waals surface area contributed by atoms with Crippen molar-refractivity contribution in [2.75, 3.05) is 0 Å². The summed E-state index contributed by atoms with van der Waals surface area (Å²) in [7, 11) is 6.66. The summed E-state index contributed by atoms with van der Waals surface area (Å²) in [6.07, 6.45) is 0. The molecule has 10 aromatic rings. The molecule has 11 rings (SSSR count). The second kappa shape index (κ2) is 9.42. The third-order valence-corrected chi connectivity index (χ3v) is 12.5. The van der Waals surface area contributed by atoms with E-state index in [0.29, 0.717) is 0 Å². The van der Waals surface area contributed by atoms with Gasteiger partial charge in [-0.2, -0.15) is 0 Å². The fraction of sp³-hybridized carbons (Fsp3) is 0. The fourth-order valence-electron chi connectivity index (χ4n) is 8.19. The minimum atomic E-state index is 0.823. The average molecular weight is 627 g/mol. The van der Waals surface area contributed by atoms with Crippen LogP contribution in [0.15, 0.2) is 140 Å². The zero-order chi connectivity index (χ0) is 30.8. The maximum absolute atomic E-state index is 6.66. The van der Waals surface area contributed by atoms with Gasteiger partial charge in [0.1, 0.15) is 7.85 Å². The van der Waals surface area contributed by atoms with Gasteiger partial charge in [0.15, 0.2) is 0 Å². The van der Waals surface area contributed by atoms with E-state index in [1.165, 1.54) is 101 Å². The SMILES string of the molecule is [B]c1ccc2c3c(cccc13)-c1c-2c(-c2ccc3sc4ccccc4c3c2)c2ccccc2c1-c1ccc2sc3ccccc3c2c1. The predicted molar refractivity (Wildman–Crippen MR) is 208 cm³/mol. The van der Waals surface area contributed by atoms with Gasteiger partial charge in [-0.3, -0.25) is 0 Å². The van der Waals surface area contributed by atoms with E-state index >= 15 is 0 Å². The molecule has 47 heavy (non-hydrogen) atoms. The highest BCUT2D eigenvalue weighted by Crippen LogP contribution is 2.58. The van der Waals surface area contributed by atoms with Crippen molar-refractivity contribution in [2.24, 2.45) is 0 Å². The molecule has 0 nitrogen and oxygen atoms in total. The lowest BCUT2D eigenvalue weighted by atomic mass is 9.82. The van der Waals surface area contributed by atoms with Crippen LogP contribution in [0.4, 0.5) is 0 Å². The van der Waals surface area contributed by atoms with Gasteiger partial charge < -0.3 is 0 Å². The molecule has 0 spiro atoms. The van der Waals surface area contributed by atoms with E-state index in [4.69, 9.17) is 7.85 Å². The molecule has 1 aliphatic rings. The monoisotopic (exact) mass is 626 g/mol. The van der Waals surface area contributed by atoms with Gasteiger partial charge in [-0.1, -0.05) is 109 Å². The number of hydrogen-bond acceptors (Lipinski definition) is 2. The second-order valence-corrected chi connectivity index (χ2v) is 14.8. The van der Waals surface area contributed by atoms with Crippen LogP contribution in [0.25, 0.3) is 106 Å². The molecule has 0 aliphatic heterocycles. The zero-order valence-electron chi connectivity index (χ0n) is 25.2. The molecule has 1 aliphatic carbocycles. The largest absolute Gasteiger partial charge is 0.135 e. The highest BCUT2D eigenvalue weighted by Gasteiger charge is 2.31. The number of rotatable bonds is 2. The van der Waals surface area contributed by atoms with Crippen LogP contribution in [-0.4, -0.2) is 7.85 Å². The number of thiophene rings is 2. The Bertz CT molecular complexity index is 2810.